The van der Waals surface area contributed by atoms with Crippen molar-refractivity contribution in [3.05, 3.63) is 18.2 Å². The van der Waals surface area contributed by atoms with Gasteiger partial charge in [0.15, 0.2) is 0 Å². The van der Waals surface area contributed by atoms with Crippen molar-refractivity contribution in [3.63, 3.8) is 0 Å². The van der Waals surface area contributed by atoms with Crippen LogP contribution in [0.1, 0.15) is 51.6 Å². The quantitative estimate of drug-likeness (QED) is 0.106. The summed E-state index contributed by atoms with van der Waals surface area (Å²) in [6.45, 7) is 4.04. The SMILES string of the molecule is CC(C)CC(NC(=O)C(CCCCN)NC(=O)C(N)Cc1cnc[nH]1)C(=O)NC(CC(N)=O)C(=O)O. The number of aliphatic carboxylic acids is 1. The monoisotopic (exact) mass is 510 g/mol. The Morgan fingerprint density at radius 3 is 2.14 bits per heavy atom. The number of rotatable bonds is 17. The van der Waals surface area contributed by atoms with E-state index in [1.807, 2.05) is 13.8 Å². The Hall–Kier alpha value is -3.52. The second-order valence-electron chi connectivity index (χ2n) is 8.99. The van der Waals surface area contributed by atoms with Gasteiger partial charge in [-0.1, -0.05) is 13.8 Å². The molecule has 0 spiro atoms. The van der Waals surface area contributed by atoms with Gasteiger partial charge in [-0.05, 0) is 38.1 Å². The van der Waals surface area contributed by atoms with E-state index in [1.54, 1.807) is 0 Å². The summed E-state index contributed by atoms with van der Waals surface area (Å²) in [4.78, 5) is 67.9. The van der Waals surface area contributed by atoms with E-state index in [4.69, 9.17) is 17.2 Å². The Morgan fingerprint density at radius 2 is 1.61 bits per heavy atom. The number of aromatic amines is 1. The van der Waals surface area contributed by atoms with Crippen molar-refractivity contribution in [2.45, 2.75) is 76.5 Å². The highest BCUT2D eigenvalue weighted by Gasteiger charge is 2.31. The predicted molar refractivity (Wildman–Crippen MR) is 130 cm³/mol. The van der Waals surface area contributed by atoms with Crippen molar-refractivity contribution in [1.82, 2.24) is 25.9 Å². The molecule has 4 unspecified atom stereocenters. The first-order valence-electron chi connectivity index (χ1n) is 11.8. The zero-order chi connectivity index (χ0) is 27.3. The smallest absolute Gasteiger partial charge is 0.326 e. The lowest BCUT2D eigenvalue weighted by Crippen LogP contribution is -2.57. The fourth-order valence-electron chi connectivity index (χ4n) is 3.42. The Balaban J connectivity index is 2.95. The highest BCUT2D eigenvalue weighted by molar-refractivity contribution is 5.94. The molecular formula is C22H38N8O6. The molecule has 0 radical (unpaired) electrons. The molecule has 0 aliphatic rings. The second-order valence-corrected chi connectivity index (χ2v) is 8.99. The Kier molecular flexibility index (Phi) is 13.1. The maximum absolute atomic E-state index is 13.1. The van der Waals surface area contributed by atoms with E-state index in [9.17, 15) is 29.1 Å². The zero-order valence-corrected chi connectivity index (χ0v) is 20.7. The molecule has 0 saturated carbocycles. The molecule has 0 aliphatic heterocycles. The van der Waals surface area contributed by atoms with Gasteiger partial charge in [-0.3, -0.25) is 19.2 Å². The maximum atomic E-state index is 13.1. The number of nitrogens with zero attached hydrogens (tertiary/aromatic N) is 1. The Morgan fingerprint density at radius 1 is 1.00 bits per heavy atom. The molecule has 4 amide bonds. The number of carboxylic acids is 1. The molecule has 36 heavy (non-hydrogen) atoms. The highest BCUT2D eigenvalue weighted by atomic mass is 16.4. The van der Waals surface area contributed by atoms with Gasteiger partial charge >= 0.3 is 5.97 Å². The number of nitrogens with one attached hydrogen (secondary N) is 4. The molecule has 1 heterocycles. The number of carbonyl (C=O) groups excluding carboxylic acids is 4. The van der Waals surface area contributed by atoms with Crippen LogP contribution < -0.4 is 33.2 Å². The van der Waals surface area contributed by atoms with Gasteiger partial charge in [0.05, 0.1) is 18.8 Å². The molecule has 1 rings (SSSR count). The van der Waals surface area contributed by atoms with Crippen LogP contribution in [0.25, 0.3) is 0 Å². The van der Waals surface area contributed by atoms with E-state index in [0.29, 0.717) is 25.1 Å². The Bertz CT molecular complexity index is 876. The van der Waals surface area contributed by atoms with Crippen LogP contribution in [0.5, 0.6) is 0 Å². The summed E-state index contributed by atoms with van der Waals surface area (Å²) in [6, 6.07) is -4.60. The normalized spacial score (nSPS) is 14.4. The number of amides is 4. The summed E-state index contributed by atoms with van der Waals surface area (Å²) in [6.07, 6.45) is 4.16. The van der Waals surface area contributed by atoms with Crippen molar-refractivity contribution in [2.75, 3.05) is 6.54 Å². The lowest BCUT2D eigenvalue weighted by molar-refractivity contribution is -0.144. The number of carboxylic acid groups (broad SMARTS) is 1. The van der Waals surface area contributed by atoms with Crippen molar-refractivity contribution < 1.29 is 29.1 Å². The van der Waals surface area contributed by atoms with E-state index < -0.39 is 60.2 Å². The number of primary amides is 1. The third-order valence-corrected chi connectivity index (χ3v) is 5.27. The van der Waals surface area contributed by atoms with Crippen molar-refractivity contribution in [2.24, 2.45) is 23.1 Å². The van der Waals surface area contributed by atoms with Crippen LogP contribution in [0, 0.1) is 5.92 Å². The average molecular weight is 511 g/mol. The van der Waals surface area contributed by atoms with Crippen molar-refractivity contribution >= 4 is 29.6 Å². The van der Waals surface area contributed by atoms with Crippen LogP contribution in [0.4, 0.5) is 0 Å². The van der Waals surface area contributed by atoms with Crippen molar-refractivity contribution in [3.8, 4) is 0 Å². The van der Waals surface area contributed by atoms with Gasteiger partial charge in [0.1, 0.15) is 18.1 Å². The minimum Gasteiger partial charge on any atom is -0.480 e. The highest BCUT2D eigenvalue weighted by Crippen LogP contribution is 2.09. The molecule has 11 N–H and O–H groups in total. The molecule has 1 aromatic rings. The maximum Gasteiger partial charge on any atom is 0.326 e. The fourth-order valence-corrected chi connectivity index (χ4v) is 3.42. The lowest BCUT2D eigenvalue weighted by atomic mass is 10.0. The van der Waals surface area contributed by atoms with E-state index in [1.165, 1.54) is 12.5 Å². The summed E-state index contributed by atoms with van der Waals surface area (Å²) in [7, 11) is 0. The summed E-state index contributed by atoms with van der Waals surface area (Å²) in [5.74, 6) is -4.36. The summed E-state index contributed by atoms with van der Waals surface area (Å²) < 4.78 is 0. The summed E-state index contributed by atoms with van der Waals surface area (Å²) >= 11 is 0. The van der Waals surface area contributed by atoms with E-state index in [2.05, 4.69) is 25.9 Å². The van der Waals surface area contributed by atoms with Crippen LogP contribution >= 0.6 is 0 Å². The van der Waals surface area contributed by atoms with Crippen LogP contribution in [0.15, 0.2) is 12.5 Å². The van der Waals surface area contributed by atoms with E-state index in [-0.39, 0.29) is 25.2 Å². The summed E-state index contributed by atoms with van der Waals surface area (Å²) in [5.41, 5.74) is 17.2. The number of hydrogen-bond acceptors (Lipinski definition) is 8. The largest absolute Gasteiger partial charge is 0.480 e. The summed E-state index contributed by atoms with van der Waals surface area (Å²) in [5, 5.41) is 16.8. The van der Waals surface area contributed by atoms with Crippen LogP contribution in [-0.4, -0.2) is 75.4 Å². The number of H-pyrrole nitrogens is 1. The van der Waals surface area contributed by atoms with Gasteiger partial charge < -0.3 is 43.2 Å². The van der Waals surface area contributed by atoms with Gasteiger partial charge in [0, 0.05) is 18.3 Å². The fraction of sp³-hybridized carbons (Fsp3) is 0.636. The molecular weight excluding hydrogens is 472 g/mol. The molecule has 0 bridgehead atoms. The lowest BCUT2D eigenvalue weighted by Gasteiger charge is -2.26. The molecule has 202 valence electrons. The number of imidazole rings is 1. The number of nitrogens with two attached hydrogens (primary N) is 3. The molecule has 0 fully saturated rings. The minimum absolute atomic E-state index is 0.0476. The number of aromatic nitrogens is 2. The predicted octanol–water partition coefficient (Wildman–Crippen LogP) is -2.13. The molecule has 14 heteroatoms. The van der Waals surface area contributed by atoms with Crippen LogP contribution in [0.3, 0.4) is 0 Å². The Labute approximate surface area is 209 Å². The van der Waals surface area contributed by atoms with Gasteiger partial charge in [0.2, 0.25) is 23.6 Å². The average Bonchev–Trinajstić information content (AvgIpc) is 3.29. The molecule has 4 atom stereocenters. The molecule has 0 aliphatic carbocycles. The first kappa shape index (κ1) is 30.5. The molecule has 14 nitrogen and oxygen atoms in total. The topological polar surface area (TPSA) is 248 Å². The van der Waals surface area contributed by atoms with Gasteiger partial charge in [0.25, 0.3) is 0 Å². The number of unbranched alkanes of at least 4 members (excludes halogenated alkanes) is 1. The van der Waals surface area contributed by atoms with Gasteiger partial charge in [-0.15, -0.1) is 0 Å². The standard InChI is InChI=1S/C22H38N8O6/c1-12(2)7-16(21(34)30-17(22(35)36)9-18(25)31)29-20(33)15(5-3-4-6-23)28-19(32)14(24)8-13-10-26-11-27-13/h10-12,14-17H,3-9,23-24H2,1-2H3,(H2,25,31)(H,26,27)(H,28,32)(H,29,33)(H,30,34)(H,35,36). The third-order valence-electron chi connectivity index (χ3n) is 5.27. The van der Waals surface area contributed by atoms with Crippen LogP contribution in [0.2, 0.25) is 0 Å². The first-order valence-corrected chi connectivity index (χ1v) is 11.8. The van der Waals surface area contributed by atoms with Gasteiger partial charge in [-0.2, -0.15) is 0 Å². The zero-order valence-electron chi connectivity index (χ0n) is 20.7. The third kappa shape index (κ3) is 11.3. The minimum atomic E-state index is -1.54. The molecule has 0 aromatic carbocycles. The number of hydrogen-bond donors (Lipinski definition) is 8. The molecule has 0 saturated heterocycles. The second kappa shape index (κ2) is 15.5. The molecule has 1 aromatic heterocycles. The number of carbonyl (C=O) groups is 5. The first-order chi connectivity index (χ1) is 16.9. The van der Waals surface area contributed by atoms with E-state index >= 15 is 0 Å². The van der Waals surface area contributed by atoms with Crippen molar-refractivity contribution in [1.29, 1.82) is 0 Å². The van der Waals surface area contributed by atoms with Crippen LogP contribution in [-0.2, 0) is 30.4 Å². The van der Waals surface area contributed by atoms with E-state index in [0.717, 1.165) is 0 Å². The van der Waals surface area contributed by atoms with Gasteiger partial charge in [-0.25, -0.2) is 9.78 Å².